The van der Waals surface area contributed by atoms with Gasteiger partial charge in [0, 0.05) is 11.5 Å². The summed E-state index contributed by atoms with van der Waals surface area (Å²) in [5.74, 6) is 2.10. The molecule has 4 rings (SSSR count). The molecule has 2 aromatic carbocycles. The zero-order valence-electron chi connectivity index (χ0n) is 15.4. The number of rotatable bonds is 4. The fourth-order valence-electron chi connectivity index (χ4n) is 3.96. The summed E-state index contributed by atoms with van der Waals surface area (Å²) in [5, 5.41) is 5.95. The van der Waals surface area contributed by atoms with Gasteiger partial charge in [-0.1, -0.05) is 12.1 Å². The summed E-state index contributed by atoms with van der Waals surface area (Å²) >= 11 is 0. The fraction of sp³-hybridized carbons (Fsp3) is 0.300. The molecule has 0 saturated carbocycles. The third kappa shape index (κ3) is 2.66. The number of hydrogen-bond donors (Lipinski definition) is 1. The van der Waals surface area contributed by atoms with Crippen molar-refractivity contribution in [3.05, 3.63) is 53.1 Å². The number of nitrogens with two attached hydrogens (primary N) is 1. The van der Waals surface area contributed by atoms with E-state index in [9.17, 15) is 4.79 Å². The van der Waals surface area contributed by atoms with Crippen LogP contribution < -0.4 is 19.9 Å². The minimum absolute atomic E-state index is 0.0257. The maximum atomic E-state index is 12.0. The van der Waals surface area contributed by atoms with E-state index in [1.165, 1.54) is 5.01 Å². The molecule has 0 bridgehead atoms. The number of benzene rings is 2. The zero-order chi connectivity index (χ0) is 19.1. The van der Waals surface area contributed by atoms with Crippen LogP contribution in [0.5, 0.6) is 17.2 Å². The van der Waals surface area contributed by atoms with E-state index in [0.29, 0.717) is 11.5 Å². The molecule has 1 heterocycles. The second-order valence-electron chi connectivity index (χ2n) is 6.56. The van der Waals surface area contributed by atoms with Crippen LogP contribution in [0.15, 0.2) is 41.5 Å². The summed E-state index contributed by atoms with van der Waals surface area (Å²) in [6, 6.07) is 10.7. The Hall–Kier alpha value is -3.22. The molecule has 140 valence electrons. The van der Waals surface area contributed by atoms with Gasteiger partial charge in [-0.05, 0) is 41.8 Å². The predicted octanol–water partition coefficient (Wildman–Crippen LogP) is 2.72. The minimum atomic E-state index is -0.570. The van der Waals surface area contributed by atoms with Gasteiger partial charge in [0.1, 0.15) is 5.75 Å². The minimum Gasteiger partial charge on any atom is -0.497 e. The summed E-state index contributed by atoms with van der Waals surface area (Å²) in [6.07, 6.45) is 0.745. The molecule has 27 heavy (non-hydrogen) atoms. The van der Waals surface area contributed by atoms with E-state index >= 15 is 0 Å². The molecule has 7 heteroatoms. The number of urea groups is 1. The average Bonchev–Trinajstić information content (AvgIpc) is 3.22. The first-order chi connectivity index (χ1) is 13.1. The molecule has 2 atom stereocenters. The molecular formula is C20H21N3O4. The van der Waals surface area contributed by atoms with E-state index in [1.54, 1.807) is 21.3 Å². The Morgan fingerprint density at radius 3 is 2.33 bits per heavy atom. The number of carbonyl (C=O) groups excluding carboxylic acids is 1. The summed E-state index contributed by atoms with van der Waals surface area (Å²) < 4.78 is 16.1. The van der Waals surface area contributed by atoms with Crippen LogP contribution in [-0.2, 0) is 6.42 Å². The highest BCUT2D eigenvalue weighted by Crippen LogP contribution is 2.46. The van der Waals surface area contributed by atoms with Crippen molar-refractivity contribution in [2.75, 3.05) is 21.3 Å². The maximum absolute atomic E-state index is 12.0. The molecule has 0 aromatic heterocycles. The van der Waals surface area contributed by atoms with Gasteiger partial charge in [-0.2, -0.15) is 5.10 Å². The Kier molecular flexibility index (Phi) is 4.14. The number of primary amides is 1. The number of hydrogen-bond acceptors (Lipinski definition) is 5. The van der Waals surface area contributed by atoms with Crippen LogP contribution in [-0.4, -0.2) is 38.1 Å². The van der Waals surface area contributed by atoms with E-state index in [-0.39, 0.29) is 12.0 Å². The van der Waals surface area contributed by atoms with E-state index in [4.69, 9.17) is 19.9 Å². The number of fused-ring (bicyclic) bond motifs is 3. The first-order valence-electron chi connectivity index (χ1n) is 8.63. The van der Waals surface area contributed by atoms with E-state index in [0.717, 1.165) is 34.6 Å². The van der Waals surface area contributed by atoms with E-state index < -0.39 is 6.03 Å². The number of amides is 2. The van der Waals surface area contributed by atoms with Crippen molar-refractivity contribution < 1.29 is 19.0 Å². The normalized spacial score (nSPS) is 20.0. The first kappa shape index (κ1) is 17.2. The Bertz CT molecular complexity index is 924. The Labute approximate surface area is 157 Å². The summed E-state index contributed by atoms with van der Waals surface area (Å²) in [4.78, 5) is 12.0. The van der Waals surface area contributed by atoms with Crippen LogP contribution in [0, 0.1) is 5.92 Å². The SMILES string of the molecule is COc1ccc(C2C3Cc4cc(OC)c(OC)cc4C3=NN2C(N)=O)cc1. The van der Waals surface area contributed by atoms with Gasteiger partial charge < -0.3 is 19.9 Å². The lowest BCUT2D eigenvalue weighted by Crippen LogP contribution is -2.34. The summed E-state index contributed by atoms with van der Waals surface area (Å²) in [5.41, 5.74) is 9.53. The second kappa shape index (κ2) is 6.50. The standard InChI is InChI=1S/C20H21N3O4/c1-25-13-6-4-11(5-7-13)19-15-8-12-9-16(26-2)17(27-3)10-14(12)18(15)22-23(19)20(21)24/h4-7,9-10,15,19H,8H2,1-3H3,(H2,21,24). The van der Waals surface area contributed by atoms with Crippen LogP contribution in [0.3, 0.4) is 0 Å². The monoisotopic (exact) mass is 367 g/mol. The fourth-order valence-corrected chi connectivity index (χ4v) is 3.96. The first-order valence-corrected chi connectivity index (χ1v) is 8.63. The molecule has 2 amide bonds. The van der Waals surface area contributed by atoms with Gasteiger partial charge in [-0.25, -0.2) is 9.80 Å². The van der Waals surface area contributed by atoms with E-state index in [1.807, 2.05) is 36.4 Å². The Morgan fingerprint density at radius 1 is 1.07 bits per heavy atom. The van der Waals surface area contributed by atoms with Crippen molar-refractivity contribution in [3.63, 3.8) is 0 Å². The van der Waals surface area contributed by atoms with Gasteiger partial charge in [-0.15, -0.1) is 0 Å². The molecule has 0 spiro atoms. The van der Waals surface area contributed by atoms with Gasteiger partial charge in [0.15, 0.2) is 11.5 Å². The lowest BCUT2D eigenvalue weighted by atomic mass is 9.90. The zero-order valence-corrected chi connectivity index (χ0v) is 15.4. The Balaban J connectivity index is 1.77. The number of carbonyl (C=O) groups is 1. The van der Waals surface area contributed by atoms with Gasteiger partial charge >= 0.3 is 6.03 Å². The quantitative estimate of drug-likeness (QED) is 0.900. The topological polar surface area (TPSA) is 86.4 Å². The maximum Gasteiger partial charge on any atom is 0.335 e. The highest BCUT2D eigenvalue weighted by Gasteiger charge is 2.45. The molecular weight excluding hydrogens is 346 g/mol. The smallest absolute Gasteiger partial charge is 0.335 e. The number of hydrazone groups is 1. The number of ether oxygens (including phenoxy) is 3. The van der Waals surface area contributed by atoms with Gasteiger partial charge in [0.25, 0.3) is 0 Å². The van der Waals surface area contributed by atoms with Crippen LogP contribution in [0.4, 0.5) is 4.79 Å². The van der Waals surface area contributed by atoms with Crippen molar-refractivity contribution in [1.82, 2.24) is 5.01 Å². The molecule has 2 aliphatic rings. The highest BCUT2D eigenvalue weighted by atomic mass is 16.5. The van der Waals surface area contributed by atoms with Crippen molar-refractivity contribution in [2.24, 2.45) is 16.8 Å². The summed E-state index contributed by atoms with van der Waals surface area (Å²) in [6.45, 7) is 0. The van der Waals surface area contributed by atoms with Gasteiger partial charge in [-0.3, -0.25) is 0 Å². The highest BCUT2D eigenvalue weighted by molar-refractivity contribution is 6.09. The average molecular weight is 367 g/mol. The molecule has 0 fully saturated rings. The molecule has 2 N–H and O–H groups in total. The van der Waals surface area contributed by atoms with Crippen LogP contribution >= 0.6 is 0 Å². The van der Waals surface area contributed by atoms with Crippen molar-refractivity contribution in [1.29, 1.82) is 0 Å². The predicted molar refractivity (Wildman–Crippen MR) is 100 cm³/mol. The van der Waals surface area contributed by atoms with E-state index in [2.05, 4.69) is 5.10 Å². The molecule has 0 saturated heterocycles. The number of methoxy groups -OCH3 is 3. The largest absolute Gasteiger partial charge is 0.497 e. The van der Waals surface area contributed by atoms with Gasteiger partial charge in [0.2, 0.25) is 0 Å². The number of nitrogens with zero attached hydrogens (tertiary/aromatic N) is 2. The third-order valence-corrected chi connectivity index (χ3v) is 5.22. The molecule has 1 aliphatic carbocycles. The van der Waals surface area contributed by atoms with Crippen LogP contribution in [0.1, 0.15) is 22.7 Å². The van der Waals surface area contributed by atoms with Gasteiger partial charge in [0.05, 0.1) is 33.1 Å². The van der Waals surface area contributed by atoms with Crippen LogP contribution in [0.2, 0.25) is 0 Å². The molecule has 1 aliphatic heterocycles. The van der Waals surface area contributed by atoms with Crippen molar-refractivity contribution in [2.45, 2.75) is 12.5 Å². The Morgan fingerprint density at radius 2 is 1.74 bits per heavy atom. The lowest BCUT2D eigenvalue weighted by molar-refractivity contribution is 0.186. The molecule has 2 unspecified atom stereocenters. The summed E-state index contributed by atoms with van der Waals surface area (Å²) in [7, 11) is 4.84. The van der Waals surface area contributed by atoms with Crippen molar-refractivity contribution in [3.8, 4) is 17.2 Å². The lowest BCUT2D eigenvalue weighted by Gasteiger charge is -2.24. The molecule has 2 aromatic rings. The molecule has 0 radical (unpaired) electrons. The van der Waals surface area contributed by atoms with Crippen LogP contribution in [0.25, 0.3) is 0 Å². The third-order valence-electron chi connectivity index (χ3n) is 5.22. The second-order valence-corrected chi connectivity index (χ2v) is 6.56. The molecule has 7 nitrogen and oxygen atoms in total. The van der Waals surface area contributed by atoms with Crippen molar-refractivity contribution >= 4 is 11.7 Å².